The van der Waals surface area contributed by atoms with E-state index in [-0.39, 0.29) is 5.60 Å². The van der Waals surface area contributed by atoms with Gasteiger partial charge in [0, 0.05) is 58.4 Å². The highest BCUT2D eigenvalue weighted by molar-refractivity contribution is 5.73. The van der Waals surface area contributed by atoms with E-state index in [2.05, 4.69) is 43.5 Å². The van der Waals surface area contributed by atoms with E-state index >= 15 is 0 Å². The molecule has 4 rings (SSSR count). The van der Waals surface area contributed by atoms with Gasteiger partial charge in [-0.05, 0) is 25.0 Å². The van der Waals surface area contributed by atoms with Crippen LogP contribution in [0.1, 0.15) is 24.4 Å². The Balaban J connectivity index is 0.000000317. The molecule has 0 unspecified atom stereocenters. The highest BCUT2D eigenvalue weighted by atomic mass is 19.4. The molecule has 10 nitrogen and oxygen atoms in total. The lowest BCUT2D eigenvalue weighted by molar-refractivity contribution is -0.193. The molecule has 0 atom stereocenters. The zero-order valence-corrected chi connectivity index (χ0v) is 21.0. The van der Waals surface area contributed by atoms with Gasteiger partial charge in [-0.3, -0.25) is 14.8 Å². The number of likely N-dealkylation sites (tertiary alicyclic amines) is 1. The Morgan fingerprint density at radius 3 is 1.97 bits per heavy atom. The molecule has 0 saturated carbocycles. The number of nitrogens with zero attached hydrogens (tertiary/aromatic N) is 5. The molecule has 0 aromatic carbocycles. The number of aliphatic carboxylic acids is 2. The lowest BCUT2D eigenvalue weighted by atomic mass is 9.89. The van der Waals surface area contributed by atoms with Crippen LogP contribution in [0.15, 0.2) is 36.8 Å². The Morgan fingerprint density at radius 2 is 1.51 bits per heavy atom. The van der Waals surface area contributed by atoms with E-state index in [0.29, 0.717) is 0 Å². The van der Waals surface area contributed by atoms with Gasteiger partial charge < -0.3 is 19.5 Å². The van der Waals surface area contributed by atoms with Crippen LogP contribution in [0.25, 0.3) is 0 Å². The number of morpholine rings is 1. The van der Waals surface area contributed by atoms with Crippen molar-refractivity contribution in [3.05, 3.63) is 48.3 Å². The van der Waals surface area contributed by atoms with E-state index in [0.717, 1.165) is 70.2 Å². The summed E-state index contributed by atoms with van der Waals surface area (Å²) >= 11 is 0. The highest BCUT2D eigenvalue weighted by Crippen LogP contribution is 2.31. The van der Waals surface area contributed by atoms with Gasteiger partial charge in [-0.1, -0.05) is 6.07 Å². The van der Waals surface area contributed by atoms with Crippen LogP contribution in [0.2, 0.25) is 0 Å². The average Bonchev–Trinajstić information content (AvgIpc) is 3.25. The standard InChI is InChI=1S/C19H27N5O.2C2HF3O2/c1-22-11-8-21-18(22)15-23-9-5-19(6-10-23)16-24(12-13-25-19)14-17-4-2-3-7-20-17;2*3-2(4,5)1(6)7/h2-4,7-8,11H,5-6,9-10,12-16H2,1H3;2*(H,6,7). The summed E-state index contributed by atoms with van der Waals surface area (Å²) in [5.74, 6) is -4.38. The number of hydrogen-bond acceptors (Lipinski definition) is 7. The van der Waals surface area contributed by atoms with Gasteiger partial charge in [0.1, 0.15) is 5.82 Å². The molecule has 4 heterocycles. The second-order valence-electron chi connectivity index (χ2n) is 8.90. The number of pyridine rings is 1. The lowest BCUT2D eigenvalue weighted by Gasteiger charge is -2.47. The molecule has 0 bridgehead atoms. The molecular weight excluding hydrogens is 540 g/mol. The molecule has 2 N–H and O–H groups in total. The van der Waals surface area contributed by atoms with Gasteiger partial charge in [0.25, 0.3) is 0 Å². The summed E-state index contributed by atoms with van der Waals surface area (Å²) in [6, 6.07) is 6.15. The third kappa shape index (κ3) is 10.8. The minimum absolute atomic E-state index is 0.0190. The van der Waals surface area contributed by atoms with Gasteiger partial charge >= 0.3 is 24.3 Å². The molecule has 218 valence electrons. The van der Waals surface area contributed by atoms with Gasteiger partial charge in [-0.2, -0.15) is 26.3 Å². The normalized spacial score (nSPS) is 17.9. The number of piperidine rings is 1. The van der Waals surface area contributed by atoms with Crippen molar-refractivity contribution in [2.24, 2.45) is 7.05 Å². The first-order valence-electron chi connectivity index (χ1n) is 11.7. The van der Waals surface area contributed by atoms with Crippen LogP contribution in [0, 0.1) is 0 Å². The van der Waals surface area contributed by atoms with Crippen LogP contribution in [0.3, 0.4) is 0 Å². The first-order valence-corrected chi connectivity index (χ1v) is 11.7. The predicted molar refractivity (Wildman–Crippen MR) is 123 cm³/mol. The summed E-state index contributed by atoms with van der Waals surface area (Å²) < 4.78 is 71.9. The molecule has 2 saturated heterocycles. The molecule has 0 radical (unpaired) electrons. The fraction of sp³-hybridized carbons (Fsp3) is 0.565. The van der Waals surface area contributed by atoms with Crippen LogP contribution < -0.4 is 0 Å². The fourth-order valence-electron chi connectivity index (χ4n) is 3.95. The summed E-state index contributed by atoms with van der Waals surface area (Å²) in [4.78, 5) is 31.7. The molecule has 2 aliphatic rings. The summed E-state index contributed by atoms with van der Waals surface area (Å²) in [6.45, 7) is 6.83. The van der Waals surface area contributed by atoms with Crippen molar-refractivity contribution in [3.8, 4) is 0 Å². The molecule has 0 aliphatic carbocycles. The monoisotopic (exact) mass is 569 g/mol. The minimum Gasteiger partial charge on any atom is -0.475 e. The Hall–Kier alpha value is -3.24. The largest absolute Gasteiger partial charge is 0.490 e. The van der Waals surface area contributed by atoms with Crippen LogP contribution in [-0.2, 0) is 34.5 Å². The van der Waals surface area contributed by atoms with Gasteiger partial charge in [0.05, 0.1) is 24.4 Å². The molecule has 2 aromatic heterocycles. The van der Waals surface area contributed by atoms with Gasteiger partial charge in [0.15, 0.2) is 0 Å². The van der Waals surface area contributed by atoms with Crippen LogP contribution in [0.5, 0.6) is 0 Å². The number of aromatic nitrogens is 3. The number of halogens is 6. The van der Waals surface area contributed by atoms with Gasteiger partial charge in [-0.15, -0.1) is 0 Å². The van der Waals surface area contributed by atoms with Crippen LogP contribution in [0.4, 0.5) is 26.3 Å². The van der Waals surface area contributed by atoms with Gasteiger partial charge in [-0.25, -0.2) is 14.6 Å². The molecule has 0 amide bonds. The van der Waals surface area contributed by atoms with Crippen LogP contribution in [-0.4, -0.2) is 97.2 Å². The number of ether oxygens (including phenoxy) is 1. The maximum Gasteiger partial charge on any atom is 0.490 e. The smallest absolute Gasteiger partial charge is 0.475 e. The summed E-state index contributed by atoms with van der Waals surface area (Å²) in [5, 5.41) is 14.2. The molecule has 1 spiro atoms. The van der Waals surface area contributed by atoms with E-state index in [1.165, 1.54) is 0 Å². The second kappa shape index (κ2) is 13.7. The maximum atomic E-state index is 10.6. The lowest BCUT2D eigenvalue weighted by Crippen LogP contribution is -2.56. The predicted octanol–water partition coefficient (Wildman–Crippen LogP) is 2.95. The third-order valence-electron chi connectivity index (χ3n) is 5.98. The molecule has 2 fully saturated rings. The number of carboxylic acids is 2. The van der Waals surface area contributed by atoms with Gasteiger partial charge in [0.2, 0.25) is 0 Å². The Morgan fingerprint density at radius 1 is 0.923 bits per heavy atom. The zero-order valence-electron chi connectivity index (χ0n) is 21.0. The van der Waals surface area contributed by atoms with E-state index in [4.69, 9.17) is 24.5 Å². The zero-order chi connectivity index (χ0) is 29.3. The van der Waals surface area contributed by atoms with Crippen molar-refractivity contribution < 1.29 is 50.9 Å². The first-order chi connectivity index (χ1) is 18.1. The number of hydrogen-bond donors (Lipinski definition) is 2. The Bertz CT molecular complexity index is 1030. The van der Waals surface area contributed by atoms with Crippen molar-refractivity contribution in [1.82, 2.24) is 24.3 Å². The summed E-state index contributed by atoms with van der Waals surface area (Å²) in [5.41, 5.74) is 1.16. The molecule has 2 aliphatic heterocycles. The molecule has 2 aromatic rings. The minimum atomic E-state index is -5.08. The third-order valence-corrected chi connectivity index (χ3v) is 5.98. The van der Waals surface area contributed by atoms with E-state index in [9.17, 15) is 26.3 Å². The van der Waals surface area contributed by atoms with Crippen molar-refractivity contribution >= 4 is 11.9 Å². The van der Waals surface area contributed by atoms with Crippen molar-refractivity contribution in [2.45, 2.75) is 43.9 Å². The van der Waals surface area contributed by atoms with E-state index in [1.807, 2.05) is 24.7 Å². The number of rotatable bonds is 4. The quantitative estimate of drug-likeness (QED) is 0.536. The topological polar surface area (TPSA) is 121 Å². The summed E-state index contributed by atoms with van der Waals surface area (Å²) in [6.07, 6.45) is -2.21. The molecule has 16 heteroatoms. The Labute approximate surface area is 219 Å². The van der Waals surface area contributed by atoms with Crippen molar-refractivity contribution in [2.75, 3.05) is 32.8 Å². The maximum absolute atomic E-state index is 10.6. The van der Waals surface area contributed by atoms with Crippen molar-refractivity contribution in [3.63, 3.8) is 0 Å². The first kappa shape index (κ1) is 32.0. The number of aryl methyl sites for hydroxylation is 1. The number of carbonyl (C=O) groups is 2. The SMILES string of the molecule is Cn1ccnc1CN1CCC2(CC1)CN(Cc1ccccn1)CCO2.O=C(O)C(F)(F)F.O=C(O)C(F)(F)F. The van der Waals surface area contributed by atoms with Crippen LogP contribution >= 0.6 is 0 Å². The second-order valence-corrected chi connectivity index (χ2v) is 8.90. The number of imidazole rings is 1. The molecule has 39 heavy (non-hydrogen) atoms. The fourth-order valence-corrected chi connectivity index (χ4v) is 3.95. The molecular formula is C23H29F6N5O5. The highest BCUT2D eigenvalue weighted by Gasteiger charge is 2.40. The van der Waals surface area contributed by atoms with Crippen molar-refractivity contribution in [1.29, 1.82) is 0 Å². The number of carboxylic acid groups (broad SMARTS) is 2. The Kier molecular flexibility index (Phi) is 11.2. The van der Waals surface area contributed by atoms with E-state index < -0.39 is 24.3 Å². The van der Waals surface area contributed by atoms with E-state index in [1.54, 1.807) is 0 Å². The average molecular weight is 570 g/mol. The summed E-state index contributed by atoms with van der Waals surface area (Å²) in [7, 11) is 2.06. The number of alkyl halides is 6.